The molecule has 0 aliphatic rings. The largest absolute Gasteiger partial charge is 0.399 e. The summed E-state index contributed by atoms with van der Waals surface area (Å²) in [7, 11) is 0. The van der Waals surface area contributed by atoms with Crippen LogP contribution in [0.15, 0.2) is 35.7 Å². The summed E-state index contributed by atoms with van der Waals surface area (Å²) in [6, 6.07) is 9.03. The highest BCUT2D eigenvalue weighted by atomic mass is 35.5. The average Bonchev–Trinajstić information content (AvgIpc) is 2.95. The van der Waals surface area contributed by atoms with E-state index >= 15 is 0 Å². The number of anilines is 2. The van der Waals surface area contributed by atoms with E-state index in [1.54, 1.807) is 29.5 Å². The molecular weight excluding hydrogens is 308 g/mol. The van der Waals surface area contributed by atoms with E-state index in [0.29, 0.717) is 42.5 Å². The highest BCUT2D eigenvalue weighted by Gasteiger charge is 2.06. The van der Waals surface area contributed by atoms with Gasteiger partial charge in [-0.15, -0.1) is 11.3 Å². The average molecular weight is 325 g/mol. The Morgan fingerprint density at radius 3 is 2.95 bits per heavy atom. The first-order valence-corrected chi connectivity index (χ1v) is 7.86. The maximum Gasteiger partial charge on any atom is 0.224 e. The SMILES string of the molecule is Nc1ccc(NC(=O)CCCOCc2cccs2)c(Cl)c1. The topological polar surface area (TPSA) is 64.3 Å². The Hall–Kier alpha value is -1.56. The molecule has 1 heterocycles. The zero-order chi connectivity index (χ0) is 15.1. The number of hydrogen-bond donors (Lipinski definition) is 2. The van der Waals surface area contributed by atoms with E-state index in [-0.39, 0.29) is 5.91 Å². The molecule has 0 spiro atoms. The third-order valence-electron chi connectivity index (χ3n) is 2.78. The predicted molar refractivity (Wildman–Crippen MR) is 87.7 cm³/mol. The molecule has 0 unspecified atom stereocenters. The first kappa shape index (κ1) is 15.8. The van der Waals surface area contributed by atoms with Crippen molar-refractivity contribution >= 4 is 40.2 Å². The second kappa shape index (κ2) is 8.02. The third-order valence-corrected chi connectivity index (χ3v) is 3.95. The molecule has 1 aromatic heterocycles. The number of halogens is 1. The minimum absolute atomic E-state index is 0.0820. The molecule has 0 saturated heterocycles. The van der Waals surface area contributed by atoms with Gasteiger partial charge in [0.25, 0.3) is 0 Å². The van der Waals surface area contributed by atoms with Crippen molar-refractivity contribution in [2.75, 3.05) is 17.7 Å². The Kier molecular flexibility index (Phi) is 6.04. The fourth-order valence-corrected chi connectivity index (χ4v) is 2.62. The molecule has 0 atom stereocenters. The van der Waals surface area contributed by atoms with Gasteiger partial charge in [0.2, 0.25) is 5.91 Å². The zero-order valence-corrected chi connectivity index (χ0v) is 13.0. The van der Waals surface area contributed by atoms with Gasteiger partial charge in [0.15, 0.2) is 0 Å². The standard InChI is InChI=1S/C15H17ClN2O2S/c16-13-9-11(17)5-6-14(13)18-15(19)4-1-7-20-10-12-3-2-8-21-12/h2-3,5-6,8-9H,1,4,7,10,17H2,(H,18,19). The number of nitrogens with one attached hydrogen (secondary N) is 1. The minimum atomic E-state index is -0.0820. The summed E-state index contributed by atoms with van der Waals surface area (Å²) < 4.78 is 5.51. The van der Waals surface area contributed by atoms with E-state index in [1.807, 2.05) is 17.5 Å². The second-order valence-electron chi connectivity index (χ2n) is 4.52. The highest BCUT2D eigenvalue weighted by molar-refractivity contribution is 7.09. The number of nitrogen functional groups attached to an aromatic ring is 1. The monoisotopic (exact) mass is 324 g/mol. The van der Waals surface area contributed by atoms with E-state index in [1.165, 1.54) is 4.88 Å². The van der Waals surface area contributed by atoms with Crippen molar-refractivity contribution in [1.29, 1.82) is 0 Å². The Balaban J connectivity index is 1.65. The lowest BCUT2D eigenvalue weighted by Gasteiger charge is -2.08. The van der Waals surface area contributed by atoms with Crippen LogP contribution in [0.4, 0.5) is 11.4 Å². The molecule has 0 aliphatic carbocycles. The summed E-state index contributed by atoms with van der Waals surface area (Å²) in [5, 5.41) is 5.22. The lowest BCUT2D eigenvalue weighted by Crippen LogP contribution is -2.12. The molecule has 3 N–H and O–H groups in total. The molecule has 6 heteroatoms. The number of nitrogens with two attached hydrogens (primary N) is 1. The van der Waals surface area contributed by atoms with Crippen LogP contribution in [0.2, 0.25) is 5.02 Å². The van der Waals surface area contributed by atoms with Crippen LogP contribution in [0.25, 0.3) is 0 Å². The van der Waals surface area contributed by atoms with Gasteiger partial charge in [0.05, 0.1) is 17.3 Å². The van der Waals surface area contributed by atoms with Gasteiger partial charge in [0.1, 0.15) is 0 Å². The Bertz CT molecular complexity index is 587. The van der Waals surface area contributed by atoms with Gasteiger partial charge in [-0.2, -0.15) is 0 Å². The minimum Gasteiger partial charge on any atom is -0.399 e. The fraction of sp³-hybridized carbons (Fsp3) is 0.267. The van der Waals surface area contributed by atoms with Gasteiger partial charge in [-0.1, -0.05) is 17.7 Å². The second-order valence-corrected chi connectivity index (χ2v) is 5.96. The van der Waals surface area contributed by atoms with Gasteiger partial charge in [0, 0.05) is 23.6 Å². The van der Waals surface area contributed by atoms with E-state index in [9.17, 15) is 4.79 Å². The number of benzene rings is 1. The van der Waals surface area contributed by atoms with Crippen molar-refractivity contribution in [2.45, 2.75) is 19.4 Å². The summed E-state index contributed by atoms with van der Waals surface area (Å²) in [5.41, 5.74) is 6.75. The molecule has 1 amide bonds. The zero-order valence-electron chi connectivity index (χ0n) is 11.5. The number of carbonyl (C=O) groups is 1. The summed E-state index contributed by atoms with van der Waals surface area (Å²) in [6.45, 7) is 1.16. The first-order valence-electron chi connectivity index (χ1n) is 6.60. The van der Waals surface area contributed by atoms with E-state index in [4.69, 9.17) is 22.1 Å². The molecule has 2 aromatic rings. The molecule has 21 heavy (non-hydrogen) atoms. The quantitative estimate of drug-likeness (QED) is 0.599. The molecule has 0 fully saturated rings. The van der Waals surface area contributed by atoms with Crippen LogP contribution in [0, 0.1) is 0 Å². The van der Waals surface area contributed by atoms with Crippen molar-refractivity contribution in [3.8, 4) is 0 Å². The lowest BCUT2D eigenvalue weighted by atomic mass is 10.2. The third kappa shape index (κ3) is 5.38. The molecule has 1 aromatic carbocycles. The summed E-state index contributed by atoms with van der Waals surface area (Å²) in [5.74, 6) is -0.0820. The van der Waals surface area contributed by atoms with Crippen LogP contribution >= 0.6 is 22.9 Å². The van der Waals surface area contributed by atoms with Crippen LogP contribution in [0.5, 0.6) is 0 Å². The van der Waals surface area contributed by atoms with E-state index in [2.05, 4.69) is 5.32 Å². The number of ether oxygens (including phenoxy) is 1. The van der Waals surface area contributed by atoms with Crippen LogP contribution in [-0.2, 0) is 16.1 Å². The van der Waals surface area contributed by atoms with Crippen LogP contribution in [0.1, 0.15) is 17.7 Å². The Labute approximate surface area is 132 Å². The Morgan fingerprint density at radius 1 is 1.38 bits per heavy atom. The molecule has 0 bridgehead atoms. The summed E-state index contributed by atoms with van der Waals surface area (Å²) in [4.78, 5) is 13.0. The molecule has 0 aliphatic heterocycles. The van der Waals surface area contributed by atoms with Crippen LogP contribution in [-0.4, -0.2) is 12.5 Å². The number of rotatable bonds is 7. The maximum atomic E-state index is 11.8. The first-order chi connectivity index (χ1) is 10.1. The number of thiophene rings is 1. The van der Waals surface area contributed by atoms with Gasteiger partial charge in [-0.05, 0) is 36.1 Å². The molecule has 2 rings (SSSR count). The number of amides is 1. The lowest BCUT2D eigenvalue weighted by molar-refractivity contribution is -0.116. The predicted octanol–water partition coefficient (Wildman–Crippen LogP) is 3.92. The van der Waals surface area contributed by atoms with Gasteiger partial charge in [-0.25, -0.2) is 0 Å². The van der Waals surface area contributed by atoms with Crippen molar-refractivity contribution in [1.82, 2.24) is 0 Å². The van der Waals surface area contributed by atoms with Gasteiger partial charge < -0.3 is 15.8 Å². The van der Waals surface area contributed by atoms with Crippen molar-refractivity contribution in [2.24, 2.45) is 0 Å². The van der Waals surface area contributed by atoms with Crippen molar-refractivity contribution in [3.05, 3.63) is 45.6 Å². The maximum absolute atomic E-state index is 11.8. The van der Waals surface area contributed by atoms with Crippen molar-refractivity contribution < 1.29 is 9.53 Å². The van der Waals surface area contributed by atoms with Gasteiger partial charge >= 0.3 is 0 Å². The normalized spacial score (nSPS) is 10.5. The number of carbonyl (C=O) groups excluding carboxylic acids is 1. The van der Waals surface area contributed by atoms with Crippen LogP contribution < -0.4 is 11.1 Å². The smallest absolute Gasteiger partial charge is 0.224 e. The fourth-order valence-electron chi connectivity index (χ4n) is 1.75. The van der Waals surface area contributed by atoms with Crippen LogP contribution in [0.3, 0.4) is 0 Å². The highest BCUT2D eigenvalue weighted by Crippen LogP contribution is 2.24. The molecular formula is C15H17ClN2O2S. The van der Waals surface area contributed by atoms with Crippen molar-refractivity contribution in [3.63, 3.8) is 0 Å². The molecule has 0 saturated carbocycles. The Morgan fingerprint density at radius 2 is 2.24 bits per heavy atom. The molecule has 0 radical (unpaired) electrons. The van der Waals surface area contributed by atoms with E-state index < -0.39 is 0 Å². The molecule has 4 nitrogen and oxygen atoms in total. The number of hydrogen-bond acceptors (Lipinski definition) is 4. The molecule has 112 valence electrons. The summed E-state index contributed by atoms with van der Waals surface area (Å²) >= 11 is 7.66. The van der Waals surface area contributed by atoms with Gasteiger partial charge in [-0.3, -0.25) is 4.79 Å². The summed E-state index contributed by atoms with van der Waals surface area (Å²) in [6.07, 6.45) is 1.06. The van der Waals surface area contributed by atoms with E-state index in [0.717, 1.165) is 0 Å².